The molecule has 6 nitrogen and oxygen atoms in total. The van der Waals surface area contributed by atoms with Crippen LogP contribution in [-0.2, 0) is 16.6 Å². The Morgan fingerprint density at radius 2 is 1.67 bits per heavy atom. The number of carbonyl (C=O) groups excluding carboxylic acids is 1. The van der Waals surface area contributed by atoms with E-state index in [0.29, 0.717) is 18.8 Å². The van der Waals surface area contributed by atoms with Gasteiger partial charge in [0, 0.05) is 25.2 Å². The van der Waals surface area contributed by atoms with Gasteiger partial charge in [0.15, 0.2) is 0 Å². The second kappa shape index (κ2) is 6.72. The van der Waals surface area contributed by atoms with E-state index in [4.69, 9.17) is 5.14 Å². The van der Waals surface area contributed by atoms with Crippen LogP contribution in [0.1, 0.15) is 15.9 Å². The lowest BCUT2D eigenvalue weighted by atomic mass is 10.2. The maximum atomic E-state index is 12.5. The van der Waals surface area contributed by atoms with Gasteiger partial charge in [-0.3, -0.25) is 9.69 Å². The lowest BCUT2D eigenvalue weighted by Crippen LogP contribution is -2.31. The average Bonchev–Trinajstić information content (AvgIpc) is 3.03. The largest absolute Gasteiger partial charge is 0.324 e. The van der Waals surface area contributed by atoms with Crippen LogP contribution in [-0.4, -0.2) is 43.9 Å². The van der Waals surface area contributed by atoms with Gasteiger partial charge in [-0.2, -0.15) is 0 Å². The molecule has 0 bridgehead atoms. The van der Waals surface area contributed by atoms with Crippen molar-refractivity contribution in [2.75, 3.05) is 19.8 Å². The van der Waals surface area contributed by atoms with Crippen molar-refractivity contribution in [3.8, 4) is 0 Å². The first-order valence-corrected chi connectivity index (χ1v) is 9.16. The third-order valence-corrected chi connectivity index (χ3v) is 4.95. The highest BCUT2D eigenvalue weighted by molar-refractivity contribution is 7.89. The Bertz CT molecular complexity index is 820. The second-order valence-corrected chi connectivity index (χ2v) is 7.38. The molecule has 0 radical (unpaired) electrons. The van der Waals surface area contributed by atoms with Crippen LogP contribution in [0.25, 0.3) is 0 Å². The molecule has 1 heterocycles. The minimum atomic E-state index is -3.74. The molecule has 0 aliphatic carbocycles. The summed E-state index contributed by atoms with van der Waals surface area (Å²) in [4.78, 5) is 16.5. The first-order chi connectivity index (χ1) is 11.4. The lowest BCUT2D eigenvalue weighted by molar-refractivity contribution is 0.0763. The summed E-state index contributed by atoms with van der Waals surface area (Å²) in [6.45, 7) is 2.83. The molecule has 1 aliphatic rings. The van der Waals surface area contributed by atoms with Crippen molar-refractivity contribution in [1.29, 1.82) is 0 Å². The van der Waals surface area contributed by atoms with Crippen molar-refractivity contribution in [3.05, 3.63) is 65.7 Å². The molecule has 2 aromatic carbocycles. The van der Waals surface area contributed by atoms with Crippen LogP contribution >= 0.6 is 0 Å². The number of rotatable bonds is 4. The van der Waals surface area contributed by atoms with Crippen LogP contribution in [0.3, 0.4) is 0 Å². The first-order valence-electron chi connectivity index (χ1n) is 7.62. The summed E-state index contributed by atoms with van der Waals surface area (Å²) < 4.78 is 22.5. The molecule has 7 heteroatoms. The van der Waals surface area contributed by atoms with Gasteiger partial charge < -0.3 is 4.90 Å². The number of primary sulfonamides is 1. The first kappa shape index (κ1) is 16.6. The van der Waals surface area contributed by atoms with Crippen molar-refractivity contribution in [2.24, 2.45) is 5.14 Å². The third-order valence-electron chi connectivity index (χ3n) is 4.02. The number of benzene rings is 2. The van der Waals surface area contributed by atoms with Crippen LogP contribution < -0.4 is 5.14 Å². The zero-order chi connectivity index (χ0) is 17.2. The highest BCUT2D eigenvalue weighted by Gasteiger charge is 2.25. The molecule has 0 atom stereocenters. The van der Waals surface area contributed by atoms with Gasteiger partial charge in [-0.25, -0.2) is 13.6 Å². The summed E-state index contributed by atoms with van der Waals surface area (Å²) in [7, 11) is -3.74. The molecule has 1 amide bonds. The summed E-state index contributed by atoms with van der Waals surface area (Å²) in [6.07, 6.45) is 0. The lowest BCUT2D eigenvalue weighted by Gasteiger charge is -2.18. The normalized spacial score (nSPS) is 15.6. The molecule has 1 saturated heterocycles. The van der Waals surface area contributed by atoms with Crippen LogP contribution in [0.4, 0.5) is 0 Å². The Labute approximate surface area is 141 Å². The monoisotopic (exact) mass is 345 g/mol. The molecule has 0 unspecified atom stereocenters. The average molecular weight is 345 g/mol. The van der Waals surface area contributed by atoms with E-state index in [2.05, 4.69) is 17.0 Å². The fourth-order valence-electron chi connectivity index (χ4n) is 2.75. The number of nitrogens with zero attached hydrogens (tertiary/aromatic N) is 2. The maximum Gasteiger partial charge on any atom is 0.254 e. The second-order valence-electron chi connectivity index (χ2n) is 5.82. The van der Waals surface area contributed by atoms with E-state index >= 15 is 0 Å². The molecule has 0 aromatic heterocycles. The topological polar surface area (TPSA) is 83.7 Å². The number of hydrogen-bond acceptors (Lipinski definition) is 4. The summed E-state index contributed by atoms with van der Waals surface area (Å²) >= 11 is 0. The molecule has 2 N–H and O–H groups in total. The van der Waals surface area contributed by atoms with Crippen molar-refractivity contribution in [1.82, 2.24) is 9.80 Å². The number of nitrogens with two attached hydrogens (primary N) is 1. The Balaban J connectivity index is 1.64. The predicted molar refractivity (Wildman–Crippen MR) is 90.6 cm³/mol. The summed E-state index contributed by atoms with van der Waals surface area (Å²) in [6, 6.07) is 15.8. The third kappa shape index (κ3) is 3.81. The number of carbonyl (C=O) groups is 1. The van der Waals surface area contributed by atoms with Gasteiger partial charge in [0.05, 0.1) is 11.6 Å². The van der Waals surface area contributed by atoms with Crippen molar-refractivity contribution in [3.63, 3.8) is 0 Å². The highest BCUT2D eigenvalue weighted by Crippen LogP contribution is 2.15. The minimum Gasteiger partial charge on any atom is -0.324 e. The SMILES string of the molecule is NS(=O)(=O)c1ccc(C(=O)N2CCN(Cc3ccccc3)C2)cc1. The molecule has 2 aromatic rings. The summed E-state index contributed by atoms with van der Waals surface area (Å²) in [5.41, 5.74) is 1.67. The van der Waals surface area contributed by atoms with Gasteiger partial charge in [0.2, 0.25) is 10.0 Å². The van der Waals surface area contributed by atoms with E-state index in [1.54, 1.807) is 4.90 Å². The van der Waals surface area contributed by atoms with E-state index < -0.39 is 10.0 Å². The molecule has 1 aliphatic heterocycles. The molecule has 3 rings (SSSR count). The zero-order valence-electron chi connectivity index (χ0n) is 13.1. The van der Waals surface area contributed by atoms with E-state index in [1.165, 1.54) is 29.8 Å². The Morgan fingerprint density at radius 1 is 1.00 bits per heavy atom. The molecule has 0 saturated carbocycles. The number of hydrogen-bond donors (Lipinski definition) is 1. The predicted octanol–water partition coefficient (Wildman–Crippen LogP) is 1.25. The number of amides is 1. The van der Waals surface area contributed by atoms with Crippen molar-refractivity contribution in [2.45, 2.75) is 11.4 Å². The van der Waals surface area contributed by atoms with Crippen molar-refractivity contribution >= 4 is 15.9 Å². The van der Waals surface area contributed by atoms with E-state index in [1.807, 2.05) is 18.2 Å². The van der Waals surface area contributed by atoms with Crippen molar-refractivity contribution < 1.29 is 13.2 Å². The van der Waals surface area contributed by atoms with E-state index in [9.17, 15) is 13.2 Å². The molecular formula is C17H19N3O3S. The van der Waals surface area contributed by atoms with Gasteiger partial charge >= 0.3 is 0 Å². The van der Waals surface area contributed by atoms with Gasteiger partial charge in [0.1, 0.15) is 0 Å². The quantitative estimate of drug-likeness (QED) is 0.904. The summed E-state index contributed by atoms with van der Waals surface area (Å²) in [5, 5.41) is 5.07. The summed E-state index contributed by atoms with van der Waals surface area (Å²) in [5.74, 6) is -0.105. The maximum absolute atomic E-state index is 12.5. The molecule has 1 fully saturated rings. The fraction of sp³-hybridized carbons (Fsp3) is 0.235. The van der Waals surface area contributed by atoms with Gasteiger partial charge in [-0.1, -0.05) is 30.3 Å². The molecule has 126 valence electrons. The Morgan fingerprint density at radius 3 is 2.29 bits per heavy atom. The van der Waals surface area contributed by atoms with Gasteiger partial charge in [0.25, 0.3) is 5.91 Å². The van der Waals surface area contributed by atoms with Crippen LogP contribution in [0, 0.1) is 0 Å². The minimum absolute atomic E-state index is 0.00572. The van der Waals surface area contributed by atoms with E-state index in [-0.39, 0.29) is 10.8 Å². The Kier molecular flexibility index (Phi) is 4.66. The fourth-order valence-corrected chi connectivity index (χ4v) is 3.27. The van der Waals surface area contributed by atoms with Crippen LogP contribution in [0.15, 0.2) is 59.5 Å². The molecular weight excluding hydrogens is 326 g/mol. The molecule has 0 spiro atoms. The number of sulfonamides is 1. The van der Waals surface area contributed by atoms with E-state index in [0.717, 1.165) is 13.1 Å². The van der Waals surface area contributed by atoms with Gasteiger partial charge in [-0.15, -0.1) is 0 Å². The highest BCUT2D eigenvalue weighted by atomic mass is 32.2. The van der Waals surface area contributed by atoms with Gasteiger partial charge in [-0.05, 0) is 29.8 Å². The molecule has 24 heavy (non-hydrogen) atoms. The Hall–Kier alpha value is -2.22. The van der Waals surface area contributed by atoms with Crippen LogP contribution in [0.2, 0.25) is 0 Å². The standard InChI is InChI=1S/C17H19N3O3S/c18-24(22,23)16-8-6-15(7-9-16)17(21)20-11-10-19(13-20)12-14-4-2-1-3-5-14/h1-9H,10-13H2,(H2,18,22,23). The van der Waals surface area contributed by atoms with Crippen LogP contribution in [0.5, 0.6) is 0 Å². The smallest absolute Gasteiger partial charge is 0.254 e. The zero-order valence-corrected chi connectivity index (χ0v) is 13.9.